The molecular weight excluding hydrogens is 376 g/mol. The number of morpholine rings is 1. The van der Waals surface area contributed by atoms with Crippen molar-refractivity contribution < 1.29 is 9.53 Å². The summed E-state index contributed by atoms with van der Waals surface area (Å²) < 4.78 is 5.58. The molecule has 2 saturated heterocycles. The van der Waals surface area contributed by atoms with Gasteiger partial charge in [0.2, 0.25) is 0 Å². The first-order valence-corrected chi connectivity index (χ1v) is 10.7. The molecular formula is C24H24N4O2. The second kappa shape index (κ2) is 6.99. The summed E-state index contributed by atoms with van der Waals surface area (Å²) in [5.41, 5.74) is 4.51. The molecule has 2 aliphatic heterocycles. The summed E-state index contributed by atoms with van der Waals surface area (Å²) >= 11 is 0. The van der Waals surface area contributed by atoms with Crippen LogP contribution in [0.25, 0.3) is 10.9 Å². The number of benzene rings is 2. The van der Waals surface area contributed by atoms with Crippen molar-refractivity contribution in [3.63, 3.8) is 0 Å². The second-order valence-corrected chi connectivity index (χ2v) is 8.47. The molecule has 0 saturated carbocycles. The maximum Gasteiger partial charge on any atom is 0.322 e. The van der Waals surface area contributed by atoms with Crippen molar-refractivity contribution in [3.8, 4) is 0 Å². The van der Waals surface area contributed by atoms with Crippen LogP contribution in [-0.2, 0) is 11.2 Å². The molecule has 3 heterocycles. The summed E-state index contributed by atoms with van der Waals surface area (Å²) in [5, 5.41) is 7.63. The monoisotopic (exact) mass is 400 g/mol. The van der Waals surface area contributed by atoms with Gasteiger partial charge in [0.1, 0.15) is 5.82 Å². The molecule has 0 spiro atoms. The van der Waals surface area contributed by atoms with E-state index in [0.717, 1.165) is 41.7 Å². The van der Waals surface area contributed by atoms with Gasteiger partial charge in [-0.25, -0.2) is 9.78 Å². The van der Waals surface area contributed by atoms with Gasteiger partial charge in [-0.15, -0.1) is 0 Å². The van der Waals surface area contributed by atoms with Crippen molar-refractivity contribution in [1.82, 2.24) is 9.88 Å². The Morgan fingerprint density at radius 3 is 2.93 bits per heavy atom. The van der Waals surface area contributed by atoms with Gasteiger partial charge in [-0.3, -0.25) is 0 Å². The Balaban J connectivity index is 1.17. The molecule has 6 rings (SSSR count). The lowest BCUT2D eigenvalue weighted by Gasteiger charge is -2.27. The minimum absolute atomic E-state index is 0.0451. The zero-order valence-corrected chi connectivity index (χ0v) is 16.7. The fourth-order valence-electron chi connectivity index (χ4n) is 5.01. The quantitative estimate of drug-likeness (QED) is 0.686. The third-order valence-electron chi connectivity index (χ3n) is 6.56. The van der Waals surface area contributed by atoms with Crippen LogP contribution in [-0.4, -0.2) is 41.2 Å². The molecule has 0 unspecified atom stereocenters. The number of aryl methyl sites for hydroxylation is 1. The highest BCUT2D eigenvalue weighted by atomic mass is 16.5. The number of nitrogens with one attached hydrogen (secondary N) is 2. The Hall–Kier alpha value is -3.12. The summed E-state index contributed by atoms with van der Waals surface area (Å²) in [7, 11) is 0. The van der Waals surface area contributed by atoms with Crippen molar-refractivity contribution in [2.75, 3.05) is 23.8 Å². The van der Waals surface area contributed by atoms with Gasteiger partial charge in [-0.1, -0.05) is 24.3 Å². The zero-order valence-electron chi connectivity index (χ0n) is 16.7. The SMILES string of the molecule is O=C(Nc1ccc2nc(N[C@@H]3CCc4ccccc43)ccc2c1)N1C[C@@H]2C[C@H]1CO2. The van der Waals surface area contributed by atoms with Crippen LogP contribution in [0.1, 0.15) is 30.0 Å². The Kier molecular flexibility index (Phi) is 4.13. The number of amides is 2. The molecule has 2 bridgehead atoms. The minimum atomic E-state index is -0.0451. The predicted octanol–water partition coefficient (Wildman–Crippen LogP) is 4.34. The van der Waals surface area contributed by atoms with Crippen LogP contribution in [0.3, 0.4) is 0 Å². The maximum atomic E-state index is 12.6. The van der Waals surface area contributed by atoms with Crippen LogP contribution >= 0.6 is 0 Å². The first-order chi connectivity index (χ1) is 14.7. The van der Waals surface area contributed by atoms with Crippen molar-refractivity contribution in [3.05, 3.63) is 65.7 Å². The average Bonchev–Trinajstić information content (AvgIpc) is 3.50. The molecule has 0 radical (unpaired) electrons. The maximum absolute atomic E-state index is 12.6. The second-order valence-electron chi connectivity index (χ2n) is 8.47. The van der Waals surface area contributed by atoms with Crippen LogP contribution in [0, 0.1) is 0 Å². The number of nitrogens with zero attached hydrogens (tertiary/aromatic N) is 2. The van der Waals surface area contributed by atoms with Crippen LogP contribution in [0.15, 0.2) is 54.6 Å². The van der Waals surface area contributed by atoms with E-state index in [1.807, 2.05) is 29.2 Å². The van der Waals surface area contributed by atoms with Crippen molar-refractivity contribution in [2.45, 2.75) is 37.5 Å². The van der Waals surface area contributed by atoms with Gasteiger partial charge in [-0.05, 0) is 60.7 Å². The van der Waals surface area contributed by atoms with Crippen molar-refractivity contribution in [1.29, 1.82) is 0 Å². The standard InChI is InChI=1S/C24H24N4O2/c29-24(28-13-19-12-18(28)14-30-19)25-17-7-9-21-16(11-17)6-10-23(26-21)27-22-8-5-15-3-1-2-4-20(15)22/h1-4,6-7,9-11,18-19,22H,5,8,12-14H2,(H,25,29)(H,26,27)/t18-,19-,22+/m0/s1. The molecule has 1 aromatic heterocycles. The Labute approximate surface area is 175 Å². The molecule has 2 aromatic carbocycles. The van der Waals surface area contributed by atoms with Gasteiger partial charge in [0.25, 0.3) is 0 Å². The number of ether oxygens (including phenoxy) is 1. The summed E-state index contributed by atoms with van der Waals surface area (Å²) in [6, 6.07) is 19.1. The molecule has 6 heteroatoms. The fraction of sp³-hybridized carbons (Fsp3) is 0.333. The molecule has 30 heavy (non-hydrogen) atoms. The lowest BCUT2D eigenvalue weighted by atomic mass is 10.1. The largest absolute Gasteiger partial charge is 0.374 e. The van der Waals surface area contributed by atoms with Gasteiger partial charge in [0, 0.05) is 17.6 Å². The number of carbonyl (C=O) groups is 1. The van der Waals surface area contributed by atoms with E-state index in [-0.39, 0.29) is 18.2 Å². The molecule has 3 aromatic rings. The van der Waals surface area contributed by atoms with Crippen molar-refractivity contribution in [2.24, 2.45) is 0 Å². The highest BCUT2D eigenvalue weighted by molar-refractivity contribution is 5.93. The highest BCUT2D eigenvalue weighted by Gasteiger charge is 2.41. The predicted molar refractivity (Wildman–Crippen MR) is 117 cm³/mol. The number of rotatable bonds is 3. The zero-order chi connectivity index (χ0) is 20.1. The van der Waals surface area contributed by atoms with Gasteiger partial charge in [-0.2, -0.15) is 0 Å². The average molecular weight is 400 g/mol. The molecule has 2 fully saturated rings. The van der Waals surface area contributed by atoms with Gasteiger partial charge in [0.05, 0.1) is 30.3 Å². The number of hydrogen-bond donors (Lipinski definition) is 2. The minimum Gasteiger partial charge on any atom is -0.374 e. The summed E-state index contributed by atoms with van der Waals surface area (Å²) in [4.78, 5) is 19.3. The Morgan fingerprint density at radius 2 is 2.07 bits per heavy atom. The first-order valence-electron chi connectivity index (χ1n) is 10.7. The number of fused-ring (bicyclic) bond motifs is 4. The number of hydrogen-bond acceptors (Lipinski definition) is 4. The van der Waals surface area contributed by atoms with E-state index in [1.54, 1.807) is 0 Å². The van der Waals surface area contributed by atoms with Crippen LogP contribution in [0.5, 0.6) is 0 Å². The third-order valence-corrected chi connectivity index (χ3v) is 6.56. The Morgan fingerprint density at radius 1 is 1.13 bits per heavy atom. The molecule has 152 valence electrons. The summed E-state index contributed by atoms with van der Waals surface area (Å²) in [6.45, 7) is 1.34. The van der Waals surface area contributed by atoms with E-state index in [4.69, 9.17) is 9.72 Å². The highest BCUT2D eigenvalue weighted by Crippen LogP contribution is 2.34. The normalized spacial score (nSPS) is 24.3. The van der Waals surface area contributed by atoms with Crippen molar-refractivity contribution >= 4 is 28.4 Å². The molecule has 1 aliphatic carbocycles. The van der Waals surface area contributed by atoms with E-state index in [1.165, 1.54) is 11.1 Å². The first kappa shape index (κ1) is 17.7. The molecule has 2 N–H and O–H groups in total. The van der Waals surface area contributed by atoms with Gasteiger partial charge >= 0.3 is 6.03 Å². The number of anilines is 2. The molecule has 6 nitrogen and oxygen atoms in total. The van der Waals surface area contributed by atoms with E-state index in [2.05, 4.69) is 41.0 Å². The van der Waals surface area contributed by atoms with Gasteiger partial charge in [0.15, 0.2) is 0 Å². The molecule has 2 amide bonds. The number of pyridine rings is 1. The third kappa shape index (κ3) is 3.08. The number of aromatic nitrogens is 1. The topological polar surface area (TPSA) is 66.5 Å². The van der Waals surface area contributed by atoms with Crippen LogP contribution in [0.4, 0.5) is 16.3 Å². The summed E-state index contributed by atoms with van der Waals surface area (Å²) in [6.07, 6.45) is 3.36. The van der Waals surface area contributed by atoms with E-state index in [0.29, 0.717) is 19.2 Å². The van der Waals surface area contributed by atoms with Gasteiger partial charge < -0.3 is 20.3 Å². The van der Waals surface area contributed by atoms with E-state index >= 15 is 0 Å². The fourth-order valence-corrected chi connectivity index (χ4v) is 5.01. The molecule has 3 atom stereocenters. The molecule has 3 aliphatic rings. The number of urea groups is 1. The van der Waals surface area contributed by atoms with E-state index in [9.17, 15) is 4.79 Å². The summed E-state index contributed by atoms with van der Waals surface area (Å²) in [5.74, 6) is 0.883. The van der Waals surface area contributed by atoms with Crippen LogP contribution < -0.4 is 10.6 Å². The number of carbonyl (C=O) groups excluding carboxylic acids is 1. The van der Waals surface area contributed by atoms with E-state index < -0.39 is 0 Å². The number of likely N-dealkylation sites (tertiary alicyclic amines) is 1. The lowest BCUT2D eigenvalue weighted by molar-refractivity contribution is 0.0473. The smallest absolute Gasteiger partial charge is 0.322 e. The Bertz CT molecular complexity index is 1130. The lowest BCUT2D eigenvalue weighted by Crippen LogP contribution is -2.43. The van der Waals surface area contributed by atoms with Crippen LogP contribution in [0.2, 0.25) is 0 Å².